The van der Waals surface area contributed by atoms with Crippen LogP contribution in [0.3, 0.4) is 0 Å². The van der Waals surface area contributed by atoms with Crippen molar-refractivity contribution in [3.05, 3.63) is 29.8 Å². The number of rotatable bonds is 6. The molecule has 2 N–H and O–H groups in total. The van der Waals surface area contributed by atoms with E-state index in [2.05, 4.69) is 4.72 Å². The van der Waals surface area contributed by atoms with Crippen LogP contribution in [0.25, 0.3) is 0 Å². The maximum absolute atomic E-state index is 12.0. The van der Waals surface area contributed by atoms with E-state index in [4.69, 9.17) is 5.11 Å². The Balaban J connectivity index is 2.90. The number of carboxylic acids is 1. The van der Waals surface area contributed by atoms with E-state index in [-0.39, 0.29) is 11.3 Å². The van der Waals surface area contributed by atoms with Crippen LogP contribution in [-0.4, -0.2) is 25.5 Å². The lowest BCUT2D eigenvalue weighted by Gasteiger charge is -2.15. The number of aryl methyl sites for hydroxylation is 1. The van der Waals surface area contributed by atoms with Gasteiger partial charge < -0.3 is 5.11 Å². The molecule has 0 aliphatic carbocycles. The summed E-state index contributed by atoms with van der Waals surface area (Å²) < 4.78 is 26.5. The summed E-state index contributed by atoms with van der Waals surface area (Å²) in [5.74, 6) is -1.02. The molecule has 1 rings (SSSR count). The number of nitrogens with one attached hydrogen (secondary N) is 1. The molecule has 6 heteroatoms. The second-order valence-electron chi connectivity index (χ2n) is 4.14. The van der Waals surface area contributed by atoms with Gasteiger partial charge in [-0.05, 0) is 31.0 Å². The highest BCUT2D eigenvalue weighted by molar-refractivity contribution is 7.89. The molecular weight excluding hydrogens is 254 g/mol. The summed E-state index contributed by atoms with van der Waals surface area (Å²) in [6.07, 6.45) is 0.207. The van der Waals surface area contributed by atoms with E-state index in [9.17, 15) is 13.2 Å². The zero-order valence-electron chi connectivity index (χ0n) is 10.4. The molecule has 0 radical (unpaired) electrons. The molecule has 0 spiro atoms. The van der Waals surface area contributed by atoms with Crippen molar-refractivity contribution in [3.8, 4) is 0 Å². The van der Waals surface area contributed by atoms with E-state index in [1.54, 1.807) is 32.0 Å². The fourth-order valence-corrected chi connectivity index (χ4v) is 2.97. The van der Waals surface area contributed by atoms with Gasteiger partial charge in [0.25, 0.3) is 0 Å². The summed E-state index contributed by atoms with van der Waals surface area (Å²) >= 11 is 0. The van der Waals surface area contributed by atoms with Crippen molar-refractivity contribution in [1.29, 1.82) is 0 Å². The molecule has 0 aliphatic rings. The van der Waals surface area contributed by atoms with Crippen molar-refractivity contribution >= 4 is 16.0 Å². The molecule has 0 amide bonds. The van der Waals surface area contributed by atoms with Crippen molar-refractivity contribution in [3.63, 3.8) is 0 Å². The first-order chi connectivity index (χ1) is 8.35. The monoisotopic (exact) mass is 271 g/mol. The quantitative estimate of drug-likeness (QED) is 0.821. The van der Waals surface area contributed by atoms with Gasteiger partial charge in [-0.15, -0.1) is 0 Å². The molecule has 0 heterocycles. The van der Waals surface area contributed by atoms with E-state index >= 15 is 0 Å². The van der Waals surface area contributed by atoms with E-state index in [0.717, 1.165) is 5.56 Å². The number of benzene rings is 1. The second-order valence-corrected chi connectivity index (χ2v) is 5.85. The number of sulfonamides is 1. The van der Waals surface area contributed by atoms with Crippen LogP contribution in [0.5, 0.6) is 0 Å². The van der Waals surface area contributed by atoms with Gasteiger partial charge in [-0.3, -0.25) is 4.79 Å². The van der Waals surface area contributed by atoms with Crippen LogP contribution in [0, 0.1) is 6.92 Å². The average Bonchev–Trinajstić information content (AvgIpc) is 2.27. The lowest BCUT2D eigenvalue weighted by atomic mass is 10.2. The largest absolute Gasteiger partial charge is 0.481 e. The SMILES string of the molecule is CCC(CC(=O)O)NS(=O)(=O)c1cccc(C)c1. The smallest absolute Gasteiger partial charge is 0.304 e. The molecule has 1 atom stereocenters. The summed E-state index contributed by atoms with van der Waals surface area (Å²) in [7, 11) is -3.65. The lowest BCUT2D eigenvalue weighted by molar-refractivity contribution is -0.137. The van der Waals surface area contributed by atoms with Crippen LogP contribution in [0.1, 0.15) is 25.3 Å². The average molecular weight is 271 g/mol. The van der Waals surface area contributed by atoms with Crippen molar-refractivity contribution in [2.75, 3.05) is 0 Å². The molecule has 0 fully saturated rings. The zero-order chi connectivity index (χ0) is 13.8. The Morgan fingerprint density at radius 2 is 2.11 bits per heavy atom. The highest BCUT2D eigenvalue weighted by Gasteiger charge is 2.20. The molecule has 18 heavy (non-hydrogen) atoms. The second kappa shape index (κ2) is 5.97. The molecule has 0 saturated carbocycles. The molecule has 1 aromatic rings. The number of carboxylic acid groups (broad SMARTS) is 1. The third-order valence-corrected chi connectivity index (χ3v) is 4.05. The van der Waals surface area contributed by atoms with Crippen molar-refractivity contribution < 1.29 is 18.3 Å². The summed E-state index contributed by atoms with van der Waals surface area (Å²) in [5, 5.41) is 8.69. The molecular formula is C12H17NO4S. The van der Waals surface area contributed by atoms with Gasteiger partial charge in [0.05, 0.1) is 11.3 Å². The first-order valence-corrected chi connectivity index (χ1v) is 7.14. The Bertz CT molecular complexity index is 525. The minimum absolute atomic E-state index is 0.159. The maximum atomic E-state index is 12.0. The Kier molecular flexibility index (Phi) is 4.86. The van der Waals surface area contributed by atoms with Gasteiger partial charge in [0.2, 0.25) is 10.0 Å². The van der Waals surface area contributed by atoms with Gasteiger partial charge >= 0.3 is 5.97 Å². The molecule has 100 valence electrons. The van der Waals surface area contributed by atoms with Crippen molar-refractivity contribution in [1.82, 2.24) is 4.72 Å². The molecule has 0 aliphatic heterocycles. The lowest BCUT2D eigenvalue weighted by Crippen LogP contribution is -2.36. The van der Waals surface area contributed by atoms with Gasteiger partial charge in [0, 0.05) is 6.04 Å². The van der Waals surface area contributed by atoms with Crippen LogP contribution < -0.4 is 4.72 Å². The van der Waals surface area contributed by atoms with Crippen molar-refractivity contribution in [2.45, 2.75) is 37.6 Å². The van der Waals surface area contributed by atoms with E-state index in [1.807, 2.05) is 0 Å². The maximum Gasteiger partial charge on any atom is 0.304 e. The Morgan fingerprint density at radius 3 is 2.61 bits per heavy atom. The van der Waals surface area contributed by atoms with Crippen LogP contribution >= 0.6 is 0 Å². The molecule has 1 aromatic carbocycles. The number of carbonyl (C=O) groups is 1. The Morgan fingerprint density at radius 1 is 1.44 bits per heavy atom. The third-order valence-electron chi connectivity index (χ3n) is 2.54. The fourth-order valence-electron chi connectivity index (χ4n) is 1.55. The van der Waals surface area contributed by atoms with Crippen LogP contribution in [0.15, 0.2) is 29.2 Å². The van der Waals surface area contributed by atoms with Crippen LogP contribution in [-0.2, 0) is 14.8 Å². The summed E-state index contributed by atoms with van der Waals surface area (Å²) in [6, 6.07) is 5.90. The van der Waals surface area contributed by atoms with Crippen LogP contribution in [0.4, 0.5) is 0 Å². The zero-order valence-corrected chi connectivity index (χ0v) is 11.2. The molecule has 0 bridgehead atoms. The highest BCUT2D eigenvalue weighted by Crippen LogP contribution is 2.12. The Labute approximate surface area is 107 Å². The van der Waals surface area contributed by atoms with Gasteiger partial charge in [-0.25, -0.2) is 13.1 Å². The first-order valence-electron chi connectivity index (χ1n) is 5.66. The van der Waals surface area contributed by atoms with Gasteiger partial charge in [-0.1, -0.05) is 19.1 Å². The molecule has 1 unspecified atom stereocenters. The predicted octanol–water partition coefficient (Wildman–Crippen LogP) is 1.53. The minimum atomic E-state index is -3.65. The first kappa shape index (κ1) is 14.7. The fraction of sp³-hybridized carbons (Fsp3) is 0.417. The topological polar surface area (TPSA) is 83.5 Å². The minimum Gasteiger partial charge on any atom is -0.481 e. The predicted molar refractivity (Wildman–Crippen MR) is 67.8 cm³/mol. The Hall–Kier alpha value is -1.40. The van der Waals surface area contributed by atoms with E-state index in [1.165, 1.54) is 6.07 Å². The van der Waals surface area contributed by atoms with Crippen LogP contribution in [0.2, 0.25) is 0 Å². The molecule has 5 nitrogen and oxygen atoms in total. The van der Waals surface area contributed by atoms with Crippen molar-refractivity contribution in [2.24, 2.45) is 0 Å². The third kappa shape index (κ3) is 4.12. The molecule has 0 saturated heterocycles. The standard InChI is InChI=1S/C12H17NO4S/c1-3-10(8-12(14)15)13-18(16,17)11-6-4-5-9(2)7-11/h4-7,10,13H,3,8H2,1-2H3,(H,14,15). The number of hydrogen-bond acceptors (Lipinski definition) is 3. The summed E-state index contributed by atoms with van der Waals surface area (Å²) in [5.41, 5.74) is 0.837. The van der Waals surface area contributed by atoms with E-state index < -0.39 is 22.0 Å². The van der Waals surface area contributed by atoms with E-state index in [0.29, 0.717) is 6.42 Å². The van der Waals surface area contributed by atoms with Gasteiger partial charge in [-0.2, -0.15) is 0 Å². The number of hydrogen-bond donors (Lipinski definition) is 2. The van der Waals surface area contributed by atoms with Gasteiger partial charge in [0.1, 0.15) is 0 Å². The normalized spacial score (nSPS) is 13.2. The van der Waals surface area contributed by atoms with Gasteiger partial charge in [0.15, 0.2) is 0 Å². The summed E-state index contributed by atoms with van der Waals surface area (Å²) in [4.78, 5) is 10.8. The summed E-state index contributed by atoms with van der Waals surface area (Å²) in [6.45, 7) is 3.54. The number of aliphatic carboxylic acids is 1. The molecule has 0 aromatic heterocycles. The highest BCUT2D eigenvalue weighted by atomic mass is 32.2.